The van der Waals surface area contributed by atoms with Gasteiger partial charge in [0.2, 0.25) is 0 Å². The summed E-state index contributed by atoms with van der Waals surface area (Å²) in [5.74, 6) is -0.142. The van der Waals surface area contributed by atoms with E-state index in [-0.39, 0.29) is 5.91 Å². The Morgan fingerprint density at radius 2 is 1.93 bits per heavy atom. The third-order valence-electron chi connectivity index (χ3n) is 5.14. The van der Waals surface area contributed by atoms with Gasteiger partial charge >= 0.3 is 0 Å². The van der Waals surface area contributed by atoms with Crippen LogP contribution in [0.5, 0.6) is 0 Å². The van der Waals surface area contributed by atoms with Gasteiger partial charge in [0.1, 0.15) is 5.52 Å². The number of anilines is 1. The molecule has 0 atom stereocenters. The van der Waals surface area contributed by atoms with E-state index in [0.717, 1.165) is 61.7 Å². The van der Waals surface area contributed by atoms with Crippen LogP contribution in [0.3, 0.4) is 0 Å². The zero-order chi connectivity index (χ0) is 19.5. The summed E-state index contributed by atoms with van der Waals surface area (Å²) in [5.41, 5.74) is 5.29. The number of benzene rings is 2. The molecule has 1 fully saturated rings. The summed E-state index contributed by atoms with van der Waals surface area (Å²) in [6.07, 6.45) is 0. The summed E-state index contributed by atoms with van der Waals surface area (Å²) in [6.45, 7) is 9.20. The molecule has 1 aromatic heterocycles. The molecule has 1 aliphatic heterocycles. The number of amides is 1. The van der Waals surface area contributed by atoms with Crippen molar-refractivity contribution in [3.63, 3.8) is 0 Å². The number of nitrogens with zero attached hydrogens (tertiary/aromatic N) is 4. The van der Waals surface area contributed by atoms with Crippen LogP contribution in [-0.4, -0.2) is 58.6 Å². The Morgan fingerprint density at radius 3 is 2.71 bits per heavy atom. The Hall–Kier alpha value is -2.77. The van der Waals surface area contributed by atoms with Crippen LogP contribution in [0.2, 0.25) is 0 Å². The number of rotatable bonds is 5. The highest BCUT2D eigenvalue weighted by molar-refractivity contribution is 6.06. The normalized spacial score (nSPS) is 15.1. The van der Waals surface area contributed by atoms with E-state index >= 15 is 0 Å². The minimum Gasteiger partial charge on any atom is -0.379 e. The number of fused-ring (bicyclic) bond motifs is 1. The molecule has 0 unspecified atom stereocenters. The molecule has 28 heavy (non-hydrogen) atoms. The smallest absolute Gasteiger partial charge is 0.255 e. The molecule has 1 aliphatic rings. The zero-order valence-corrected chi connectivity index (χ0v) is 16.3. The van der Waals surface area contributed by atoms with E-state index < -0.39 is 0 Å². The van der Waals surface area contributed by atoms with Gasteiger partial charge in [-0.1, -0.05) is 22.9 Å². The van der Waals surface area contributed by atoms with Crippen molar-refractivity contribution in [3.05, 3.63) is 53.1 Å². The van der Waals surface area contributed by atoms with Crippen molar-refractivity contribution in [2.24, 2.45) is 0 Å². The maximum atomic E-state index is 12.6. The molecule has 0 saturated carbocycles. The summed E-state index contributed by atoms with van der Waals surface area (Å²) in [6, 6.07) is 11.5. The minimum atomic E-state index is -0.142. The van der Waals surface area contributed by atoms with Crippen molar-refractivity contribution in [1.82, 2.24) is 19.9 Å². The molecule has 2 heterocycles. The van der Waals surface area contributed by atoms with Crippen LogP contribution < -0.4 is 5.32 Å². The molecule has 7 heteroatoms. The van der Waals surface area contributed by atoms with Crippen LogP contribution in [0.1, 0.15) is 21.5 Å². The third-order valence-corrected chi connectivity index (χ3v) is 5.14. The Balaban J connectivity index is 1.46. The van der Waals surface area contributed by atoms with E-state index in [2.05, 4.69) is 26.6 Å². The van der Waals surface area contributed by atoms with E-state index in [0.29, 0.717) is 5.56 Å². The van der Waals surface area contributed by atoms with Crippen molar-refractivity contribution >= 4 is 22.6 Å². The van der Waals surface area contributed by atoms with Gasteiger partial charge in [0.25, 0.3) is 5.91 Å². The lowest BCUT2D eigenvalue weighted by atomic mass is 10.1. The fourth-order valence-corrected chi connectivity index (χ4v) is 3.49. The fourth-order valence-electron chi connectivity index (χ4n) is 3.49. The average molecular weight is 379 g/mol. The van der Waals surface area contributed by atoms with E-state index in [1.165, 1.54) is 5.56 Å². The molecule has 1 amide bonds. The predicted molar refractivity (Wildman–Crippen MR) is 109 cm³/mol. The molecule has 1 saturated heterocycles. The first-order valence-electron chi connectivity index (χ1n) is 9.62. The molecule has 0 aliphatic carbocycles. The second kappa shape index (κ2) is 8.08. The van der Waals surface area contributed by atoms with Crippen LogP contribution in [-0.2, 0) is 11.3 Å². The lowest BCUT2D eigenvalue weighted by Crippen LogP contribution is -2.38. The quantitative estimate of drug-likeness (QED) is 0.738. The SMILES string of the molecule is Cc1ccc(NC(=O)c2ccc3c(c2)nnn3CCN2CCOCC2)c(C)c1. The van der Waals surface area contributed by atoms with Gasteiger partial charge < -0.3 is 10.1 Å². The lowest BCUT2D eigenvalue weighted by molar-refractivity contribution is 0.0360. The zero-order valence-electron chi connectivity index (χ0n) is 16.3. The highest BCUT2D eigenvalue weighted by Gasteiger charge is 2.14. The molecule has 0 spiro atoms. The Bertz CT molecular complexity index is 992. The number of hydrogen-bond donors (Lipinski definition) is 1. The van der Waals surface area contributed by atoms with Crippen LogP contribution in [0.15, 0.2) is 36.4 Å². The Labute approximate surface area is 164 Å². The van der Waals surface area contributed by atoms with E-state index in [1.54, 1.807) is 6.07 Å². The summed E-state index contributed by atoms with van der Waals surface area (Å²) in [7, 11) is 0. The number of aromatic nitrogens is 3. The van der Waals surface area contributed by atoms with Crippen molar-refractivity contribution in [2.45, 2.75) is 20.4 Å². The number of aryl methyl sites for hydroxylation is 2. The number of ether oxygens (including phenoxy) is 1. The summed E-state index contributed by atoms with van der Waals surface area (Å²) in [5, 5.41) is 11.5. The van der Waals surface area contributed by atoms with Gasteiger partial charge in [-0.25, -0.2) is 4.68 Å². The second-order valence-electron chi connectivity index (χ2n) is 7.24. The number of hydrogen-bond acceptors (Lipinski definition) is 5. The monoisotopic (exact) mass is 379 g/mol. The molecule has 146 valence electrons. The predicted octanol–water partition coefficient (Wildman–Crippen LogP) is 2.63. The Kier molecular flexibility index (Phi) is 5.36. The van der Waals surface area contributed by atoms with Crippen molar-refractivity contribution in [3.8, 4) is 0 Å². The van der Waals surface area contributed by atoms with Crippen molar-refractivity contribution in [2.75, 3.05) is 38.2 Å². The molecule has 0 radical (unpaired) electrons. The van der Waals surface area contributed by atoms with E-state index in [9.17, 15) is 4.79 Å². The molecular weight excluding hydrogens is 354 g/mol. The summed E-state index contributed by atoms with van der Waals surface area (Å²) >= 11 is 0. The maximum absolute atomic E-state index is 12.6. The number of nitrogens with one attached hydrogen (secondary N) is 1. The van der Waals surface area contributed by atoms with Gasteiger partial charge in [-0.15, -0.1) is 5.10 Å². The van der Waals surface area contributed by atoms with Gasteiger partial charge in [-0.05, 0) is 43.7 Å². The molecule has 4 rings (SSSR count). The highest BCUT2D eigenvalue weighted by Crippen LogP contribution is 2.19. The van der Waals surface area contributed by atoms with Gasteiger partial charge in [0, 0.05) is 30.9 Å². The molecule has 3 aromatic rings. The third kappa shape index (κ3) is 4.05. The van der Waals surface area contributed by atoms with Gasteiger partial charge in [-0.3, -0.25) is 9.69 Å². The molecule has 0 bridgehead atoms. The lowest BCUT2D eigenvalue weighted by Gasteiger charge is -2.26. The second-order valence-corrected chi connectivity index (χ2v) is 7.24. The molecular formula is C21H25N5O2. The largest absolute Gasteiger partial charge is 0.379 e. The van der Waals surface area contributed by atoms with Crippen LogP contribution in [0, 0.1) is 13.8 Å². The molecule has 2 aromatic carbocycles. The standard InChI is InChI=1S/C21H25N5O2/c1-15-3-5-18(16(2)13-15)22-21(27)17-4-6-20-19(14-17)23-24-26(20)8-7-25-9-11-28-12-10-25/h3-6,13-14H,7-12H2,1-2H3,(H,22,27). The number of morpholine rings is 1. The molecule has 7 nitrogen and oxygen atoms in total. The number of carbonyl (C=O) groups excluding carboxylic acids is 1. The van der Waals surface area contributed by atoms with E-state index in [4.69, 9.17) is 4.74 Å². The van der Waals surface area contributed by atoms with Crippen molar-refractivity contribution in [1.29, 1.82) is 0 Å². The van der Waals surface area contributed by atoms with Crippen LogP contribution in [0.25, 0.3) is 11.0 Å². The number of carbonyl (C=O) groups is 1. The van der Waals surface area contributed by atoms with Crippen LogP contribution >= 0.6 is 0 Å². The minimum absolute atomic E-state index is 0.142. The van der Waals surface area contributed by atoms with E-state index in [1.807, 2.05) is 42.8 Å². The van der Waals surface area contributed by atoms with Gasteiger partial charge in [0.05, 0.1) is 25.3 Å². The maximum Gasteiger partial charge on any atom is 0.255 e. The first kappa shape index (κ1) is 18.6. The van der Waals surface area contributed by atoms with Gasteiger partial charge in [-0.2, -0.15) is 0 Å². The first-order valence-corrected chi connectivity index (χ1v) is 9.62. The first-order chi connectivity index (χ1) is 13.6. The Morgan fingerprint density at radius 1 is 1.11 bits per heavy atom. The van der Waals surface area contributed by atoms with Crippen molar-refractivity contribution < 1.29 is 9.53 Å². The molecule has 1 N–H and O–H groups in total. The topological polar surface area (TPSA) is 72.3 Å². The summed E-state index contributed by atoms with van der Waals surface area (Å²) in [4.78, 5) is 15.0. The highest BCUT2D eigenvalue weighted by atomic mass is 16.5. The fraction of sp³-hybridized carbons (Fsp3) is 0.381. The van der Waals surface area contributed by atoms with Crippen LogP contribution in [0.4, 0.5) is 5.69 Å². The average Bonchev–Trinajstić information content (AvgIpc) is 3.11. The summed E-state index contributed by atoms with van der Waals surface area (Å²) < 4.78 is 7.28. The van der Waals surface area contributed by atoms with Gasteiger partial charge in [0.15, 0.2) is 0 Å².